The summed E-state index contributed by atoms with van der Waals surface area (Å²) in [5, 5.41) is 20.4. The van der Waals surface area contributed by atoms with Crippen LogP contribution in [0.4, 0.5) is 0 Å². The molecule has 0 saturated heterocycles. The Morgan fingerprint density at radius 1 is 1.00 bits per heavy atom. The minimum atomic E-state index is -3.82. The van der Waals surface area contributed by atoms with Gasteiger partial charge in [-0.2, -0.15) is 5.26 Å². The zero-order valence-corrected chi connectivity index (χ0v) is 13.7. The summed E-state index contributed by atoms with van der Waals surface area (Å²) in [5.74, 6) is -0.457. The zero-order chi connectivity index (χ0) is 17.3. The molecule has 24 heavy (non-hydrogen) atoms. The third-order valence-electron chi connectivity index (χ3n) is 2.92. The van der Waals surface area contributed by atoms with Gasteiger partial charge in [0, 0.05) is 0 Å². The number of benzene rings is 2. The van der Waals surface area contributed by atoms with Crippen LogP contribution in [0.2, 0.25) is 0 Å². The SMILES string of the molecule is N#CNC(=N)NP(=O)(OCc1ccccc1)OCc1ccccc1. The van der Waals surface area contributed by atoms with Crippen molar-refractivity contribution in [3.8, 4) is 6.19 Å². The summed E-state index contributed by atoms with van der Waals surface area (Å²) < 4.78 is 23.6. The van der Waals surface area contributed by atoms with E-state index in [0.717, 1.165) is 11.1 Å². The first-order valence-corrected chi connectivity index (χ1v) is 8.64. The van der Waals surface area contributed by atoms with E-state index < -0.39 is 13.7 Å². The second kappa shape index (κ2) is 8.85. The molecule has 0 saturated carbocycles. The van der Waals surface area contributed by atoms with Crippen LogP contribution in [0.15, 0.2) is 60.7 Å². The van der Waals surface area contributed by atoms with Gasteiger partial charge >= 0.3 is 7.75 Å². The van der Waals surface area contributed by atoms with Crippen LogP contribution in [-0.4, -0.2) is 5.96 Å². The maximum Gasteiger partial charge on any atom is 0.435 e. The summed E-state index contributed by atoms with van der Waals surface area (Å²) in [6, 6.07) is 18.3. The molecular formula is C16H17N4O3P. The molecule has 2 aromatic carbocycles. The molecule has 0 fully saturated rings. The van der Waals surface area contributed by atoms with E-state index in [1.165, 1.54) is 0 Å². The van der Waals surface area contributed by atoms with Crippen LogP contribution in [-0.2, 0) is 26.8 Å². The van der Waals surface area contributed by atoms with Crippen molar-refractivity contribution in [2.75, 3.05) is 0 Å². The highest BCUT2D eigenvalue weighted by Gasteiger charge is 2.26. The number of hydrogen-bond acceptors (Lipinski definition) is 5. The van der Waals surface area contributed by atoms with Crippen LogP contribution in [0.1, 0.15) is 11.1 Å². The van der Waals surface area contributed by atoms with Crippen molar-refractivity contribution in [3.05, 3.63) is 71.8 Å². The van der Waals surface area contributed by atoms with E-state index in [2.05, 4.69) is 5.09 Å². The Kier molecular flexibility index (Phi) is 6.52. The summed E-state index contributed by atoms with van der Waals surface area (Å²) >= 11 is 0. The van der Waals surface area contributed by atoms with Gasteiger partial charge in [0.25, 0.3) is 0 Å². The van der Waals surface area contributed by atoms with Crippen molar-refractivity contribution in [3.63, 3.8) is 0 Å². The molecule has 124 valence electrons. The second-order valence-corrected chi connectivity index (χ2v) is 6.47. The Balaban J connectivity index is 2.04. The van der Waals surface area contributed by atoms with E-state index in [-0.39, 0.29) is 13.2 Å². The lowest BCUT2D eigenvalue weighted by Crippen LogP contribution is -2.32. The van der Waals surface area contributed by atoms with Gasteiger partial charge in [-0.1, -0.05) is 60.7 Å². The number of rotatable bonds is 7. The average molecular weight is 344 g/mol. The van der Waals surface area contributed by atoms with Gasteiger partial charge in [0.05, 0.1) is 13.2 Å². The third-order valence-corrected chi connectivity index (χ3v) is 4.35. The fourth-order valence-electron chi connectivity index (χ4n) is 1.79. The molecule has 0 amide bonds. The molecule has 0 atom stereocenters. The van der Waals surface area contributed by atoms with Crippen molar-refractivity contribution in [1.82, 2.24) is 10.4 Å². The lowest BCUT2D eigenvalue weighted by atomic mass is 10.2. The van der Waals surface area contributed by atoms with Crippen molar-refractivity contribution < 1.29 is 13.6 Å². The fourth-order valence-corrected chi connectivity index (χ4v) is 2.96. The molecule has 0 aromatic heterocycles. The highest BCUT2D eigenvalue weighted by Crippen LogP contribution is 2.45. The molecular weight excluding hydrogens is 327 g/mol. The number of guanidine groups is 1. The van der Waals surface area contributed by atoms with Crippen molar-refractivity contribution >= 4 is 13.7 Å². The van der Waals surface area contributed by atoms with Gasteiger partial charge in [0.1, 0.15) is 0 Å². The van der Waals surface area contributed by atoms with Gasteiger partial charge in [-0.05, 0) is 11.1 Å². The monoisotopic (exact) mass is 344 g/mol. The number of nitrogens with one attached hydrogen (secondary N) is 3. The number of nitriles is 1. The molecule has 0 spiro atoms. The predicted octanol–water partition coefficient (Wildman–Crippen LogP) is 3.12. The van der Waals surface area contributed by atoms with E-state index in [1.807, 2.05) is 66.0 Å². The Labute approximate surface area is 140 Å². The first-order chi connectivity index (χ1) is 11.6. The van der Waals surface area contributed by atoms with Crippen LogP contribution in [0.25, 0.3) is 0 Å². The Morgan fingerprint density at radius 2 is 1.46 bits per heavy atom. The first-order valence-electron chi connectivity index (χ1n) is 7.10. The second-order valence-electron chi connectivity index (χ2n) is 4.74. The van der Waals surface area contributed by atoms with Crippen LogP contribution < -0.4 is 10.4 Å². The molecule has 0 radical (unpaired) electrons. The minimum Gasteiger partial charge on any atom is -0.287 e. The largest absolute Gasteiger partial charge is 0.435 e. The van der Waals surface area contributed by atoms with Gasteiger partial charge < -0.3 is 0 Å². The standard InChI is InChI=1S/C16H17N4O3P/c17-13-19-16(18)20-24(21,22-11-14-7-3-1-4-8-14)23-12-15-9-5-2-6-10-15/h1-10H,11-12H2,(H3,18,19,20,21). The lowest BCUT2D eigenvalue weighted by molar-refractivity contribution is 0.187. The Hall–Kier alpha value is -2.65. The molecule has 0 unspecified atom stereocenters. The molecule has 0 aliphatic carbocycles. The summed E-state index contributed by atoms with van der Waals surface area (Å²) in [4.78, 5) is 0. The third kappa shape index (κ3) is 5.86. The summed E-state index contributed by atoms with van der Waals surface area (Å²) in [7, 11) is -3.82. The maximum atomic E-state index is 12.8. The summed E-state index contributed by atoms with van der Waals surface area (Å²) in [5.41, 5.74) is 1.62. The van der Waals surface area contributed by atoms with Crippen LogP contribution in [0.5, 0.6) is 0 Å². The maximum absolute atomic E-state index is 12.8. The molecule has 8 heteroatoms. The van der Waals surface area contributed by atoms with E-state index in [4.69, 9.17) is 19.7 Å². The molecule has 2 rings (SSSR count). The van der Waals surface area contributed by atoms with Crippen molar-refractivity contribution in [1.29, 1.82) is 10.7 Å². The van der Waals surface area contributed by atoms with Crippen LogP contribution in [0, 0.1) is 16.9 Å². The van der Waals surface area contributed by atoms with Gasteiger partial charge in [-0.25, -0.2) is 4.57 Å². The quantitative estimate of drug-likeness (QED) is 0.234. The van der Waals surface area contributed by atoms with Crippen LogP contribution in [0.3, 0.4) is 0 Å². The number of nitrogens with zero attached hydrogens (tertiary/aromatic N) is 1. The smallest absolute Gasteiger partial charge is 0.287 e. The lowest BCUT2D eigenvalue weighted by Gasteiger charge is -2.19. The van der Waals surface area contributed by atoms with Crippen molar-refractivity contribution in [2.24, 2.45) is 0 Å². The topological polar surface area (TPSA) is 107 Å². The van der Waals surface area contributed by atoms with Crippen LogP contribution >= 0.6 is 7.75 Å². The average Bonchev–Trinajstić information content (AvgIpc) is 2.60. The van der Waals surface area contributed by atoms with E-state index in [0.29, 0.717) is 0 Å². The zero-order valence-electron chi connectivity index (χ0n) is 12.8. The molecule has 0 bridgehead atoms. The Morgan fingerprint density at radius 3 is 1.88 bits per heavy atom. The van der Waals surface area contributed by atoms with Crippen molar-refractivity contribution in [2.45, 2.75) is 13.2 Å². The van der Waals surface area contributed by atoms with Gasteiger partial charge in [-0.15, -0.1) is 0 Å². The number of hydrogen-bond donors (Lipinski definition) is 3. The Bertz CT molecular complexity index is 699. The molecule has 2 aromatic rings. The molecule has 0 aliphatic heterocycles. The summed E-state index contributed by atoms with van der Waals surface area (Å²) in [6.45, 7) is 0.0828. The van der Waals surface area contributed by atoms with Gasteiger partial charge in [0.15, 0.2) is 6.19 Å². The van der Waals surface area contributed by atoms with E-state index >= 15 is 0 Å². The van der Waals surface area contributed by atoms with E-state index in [1.54, 1.807) is 6.19 Å². The summed E-state index contributed by atoms with van der Waals surface area (Å²) in [6.07, 6.45) is 1.57. The van der Waals surface area contributed by atoms with Gasteiger partial charge in [-0.3, -0.25) is 24.9 Å². The highest BCUT2D eigenvalue weighted by molar-refractivity contribution is 7.52. The van der Waals surface area contributed by atoms with E-state index in [9.17, 15) is 4.57 Å². The normalized spacial score (nSPS) is 10.6. The predicted molar refractivity (Wildman–Crippen MR) is 89.7 cm³/mol. The fraction of sp³-hybridized carbons (Fsp3) is 0.125. The highest BCUT2D eigenvalue weighted by atomic mass is 31.2. The molecule has 0 aliphatic rings. The molecule has 7 nitrogen and oxygen atoms in total. The van der Waals surface area contributed by atoms with Gasteiger partial charge in [0.2, 0.25) is 5.96 Å². The first kappa shape index (κ1) is 17.7. The molecule has 3 N–H and O–H groups in total. The minimum absolute atomic E-state index is 0.0414. The molecule has 0 heterocycles.